The van der Waals surface area contributed by atoms with Gasteiger partial charge in [0, 0.05) is 15.9 Å². The van der Waals surface area contributed by atoms with Gasteiger partial charge in [0.25, 0.3) is 0 Å². The summed E-state index contributed by atoms with van der Waals surface area (Å²) >= 11 is 3.51. The topological polar surface area (TPSA) is 25.2 Å². The molecule has 1 unspecified atom stereocenters. The van der Waals surface area contributed by atoms with Gasteiger partial charge in [-0.05, 0) is 56.9 Å². The summed E-state index contributed by atoms with van der Waals surface area (Å²) in [5, 5.41) is 4.87. The van der Waals surface area contributed by atoms with E-state index in [-0.39, 0.29) is 6.04 Å². The SMILES string of the molecule is CC(N[C@H](C)C1CCCC1)c1cc2cc(Br)ccc2o1. The maximum Gasteiger partial charge on any atom is 0.134 e. The normalized spacial score (nSPS) is 19.6. The maximum atomic E-state index is 5.97. The largest absolute Gasteiger partial charge is 0.459 e. The lowest BCUT2D eigenvalue weighted by molar-refractivity contribution is 0.331. The van der Waals surface area contributed by atoms with Crippen LogP contribution in [0.25, 0.3) is 11.0 Å². The molecule has 1 heterocycles. The Morgan fingerprint density at radius 3 is 2.70 bits per heavy atom. The van der Waals surface area contributed by atoms with Crippen LogP contribution in [0.1, 0.15) is 51.3 Å². The Balaban J connectivity index is 1.72. The fraction of sp³-hybridized carbons (Fsp3) is 0.529. The number of nitrogens with one attached hydrogen (secondary N) is 1. The average molecular weight is 336 g/mol. The molecule has 1 N–H and O–H groups in total. The molecular weight excluding hydrogens is 314 g/mol. The number of rotatable bonds is 4. The molecule has 108 valence electrons. The van der Waals surface area contributed by atoms with E-state index in [1.54, 1.807) is 0 Å². The summed E-state index contributed by atoms with van der Waals surface area (Å²) in [6.07, 6.45) is 5.52. The zero-order valence-electron chi connectivity index (χ0n) is 12.2. The third-order valence-electron chi connectivity index (χ3n) is 4.54. The number of furan rings is 1. The lowest BCUT2D eigenvalue weighted by atomic mass is 9.99. The summed E-state index contributed by atoms with van der Waals surface area (Å²) in [6, 6.07) is 9.13. The van der Waals surface area contributed by atoms with Gasteiger partial charge in [0.15, 0.2) is 0 Å². The molecule has 1 aromatic heterocycles. The molecule has 0 spiro atoms. The Kier molecular flexibility index (Phi) is 4.18. The van der Waals surface area contributed by atoms with Crippen LogP contribution >= 0.6 is 15.9 Å². The van der Waals surface area contributed by atoms with Crippen molar-refractivity contribution in [3.05, 3.63) is 34.5 Å². The summed E-state index contributed by atoms with van der Waals surface area (Å²) in [5.41, 5.74) is 0.963. The number of benzene rings is 1. The van der Waals surface area contributed by atoms with Gasteiger partial charge in [-0.3, -0.25) is 0 Å². The molecule has 0 saturated heterocycles. The van der Waals surface area contributed by atoms with Crippen molar-refractivity contribution in [2.24, 2.45) is 5.92 Å². The van der Waals surface area contributed by atoms with Gasteiger partial charge in [-0.1, -0.05) is 28.8 Å². The minimum atomic E-state index is 0.261. The molecular formula is C17H22BrNO. The molecule has 1 aromatic carbocycles. The first-order valence-electron chi connectivity index (χ1n) is 7.58. The van der Waals surface area contributed by atoms with Crippen molar-refractivity contribution < 1.29 is 4.42 Å². The van der Waals surface area contributed by atoms with E-state index in [9.17, 15) is 0 Å². The highest BCUT2D eigenvalue weighted by molar-refractivity contribution is 9.10. The molecule has 0 bridgehead atoms. The van der Waals surface area contributed by atoms with Crippen molar-refractivity contribution in [3.8, 4) is 0 Å². The van der Waals surface area contributed by atoms with E-state index in [4.69, 9.17) is 4.42 Å². The Morgan fingerprint density at radius 1 is 1.20 bits per heavy atom. The third-order valence-corrected chi connectivity index (χ3v) is 5.04. The van der Waals surface area contributed by atoms with Crippen LogP contribution in [0.5, 0.6) is 0 Å². The van der Waals surface area contributed by atoms with Crippen molar-refractivity contribution >= 4 is 26.9 Å². The average Bonchev–Trinajstić information content (AvgIpc) is 3.07. The summed E-state index contributed by atoms with van der Waals surface area (Å²) in [7, 11) is 0. The van der Waals surface area contributed by atoms with Crippen LogP contribution in [0.3, 0.4) is 0 Å². The highest BCUT2D eigenvalue weighted by atomic mass is 79.9. The van der Waals surface area contributed by atoms with Gasteiger partial charge < -0.3 is 9.73 Å². The second-order valence-corrected chi connectivity index (χ2v) is 6.97. The predicted octanol–water partition coefficient (Wildman–Crippen LogP) is 5.42. The first-order chi connectivity index (χ1) is 9.63. The van der Waals surface area contributed by atoms with Gasteiger partial charge >= 0.3 is 0 Å². The Labute approximate surface area is 129 Å². The van der Waals surface area contributed by atoms with Gasteiger partial charge in [-0.2, -0.15) is 0 Å². The van der Waals surface area contributed by atoms with Crippen LogP contribution in [0, 0.1) is 5.92 Å². The van der Waals surface area contributed by atoms with E-state index in [0.29, 0.717) is 6.04 Å². The number of hydrogen-bond acceptors (Lipinski definition) is 2. The van der Waals surface area contributed by atoms with Crippen LogP contribution < -0.4 is 5.32 Å². The number of hydrogen-bond donors (Lipinski definition) is 1. The van der Waals surface area contributed by atoms with Crippen LogP contribution in [0.15, 0.2) is 33.2 Å². The summed E-state index contributed by atoms with van der Waals surface area (Å²) in [5.74, 6) is 1.86. The molecule has 2 nitrogen and oxygen atoms in total. The molecule has 1 fully saturated rings. The second kappa shape index (κ2) is 5.90. The quantitative estimate of drug-likeness (QED) is 0.806. The Bertz CT molecular complexity index is 586. The molecule has 2 atom stereocenters. The van der Waals surface area contributed by atoms with E-state index >= 15 is 0 Å². The highest BCUT2D eigenvalue weighted by Crippen LogP contribution is 2.30. The van der Waals surface area contributed by atoms with Crippen molar-refractivity contribution in [3.63, 3.8) is 0 Å². The van der Waals surface area contributed by atoms with Crippen molar-refractivity contribution in [2.45, 2.75) is 51.6 Å². The van der Waals surface area contributed by atoms with Gasteiger partial charge in [0.05, 0.1) is 6.04 Å². The molecule has 2 aromatic rings. The summed E-state index contributed by atoms with van der Waals surface area (Å²) in [4.78, 5) is 0. The minimum Gasteiger partial charge on any atom is -0.459 e. The fourth-order valence-electron chi connectivity index (χ4n) is 3.32. The maximum absolute atomic E-state index is 5.97. The first kappa shape index (κ1) is 14.2. The zero-order valence-corrected chi connectivity index (χ0v) is 13.7. The summed E-state index contributed by atoms with van der Waals surface area (Å²) < 4.78 is 7.06. The molecule has 1 aliphatic rings. The second-order valence-electron chi connectivity index (χ2n) is 6.05. The van der Waals surface area contributed by atoms with Crippen LogP contribution in [0.2, 0.25) is 0 Å². The molecule has 0 radical (unpaired) electrons. The van der Waals surface area contributed by atoms with Gasteiger partial charge in [0.2, 0.25) is 0 Å². The lowest BCUT2D eigenvalue weighted by Crippen LogP contribution is -2.34. The highest BCUT2D eigenvalue weighted by Gasteiger charge is 2.23. The summed E-state index contributed by atoms with van der Waals surface area (Å²) in [6.45, 7) is 4.50. The van der Waals surface area contributed by atoms with Gasteiger partial charge in [0.1, 0.15) is 11.3 Å². The zero-order chi connectivity index (χ0) is 14.1. The van der Waals surface area contributed by atoms with E-state index in [2.05, 4.69) is 47.2 Å². The van der Waals surface area contributed by atoms with Crippen molar-refractivity contribution in [2.75, 3.05) is 0 Å². The van der Waals surface area contributed by atoms with E-state index < -0.39 is 0 Å². The molecule has 3 rings (SSSR count). The monoisotopic (exact) mass is 335 g/mol. The minimum absolute atomic E-state index is 0.261. The van der Waals surface area contributed by atoms with Crippen LogP contribution in [-0.4, -0.2) is 6.04 Å². The van der Waals surface area contributed by atoms with Gasteiger partial charge in [-0.15, -0.1) is 0 Å². The van der Waals surface area contributed by atoms with Crippen LogP contribution in [-0.2, 0) is 0 Å². The molecule has 1 saturated carbocycles. The Hall–Kier alpha value is -0.800. The van der Waals surface area contributed by atoms with E-state index in [1.165, 1.54) is 25.7 Å². The molecule has 0 amide bonds. The molecule has 1 aliphatic carbocycles. The lowest BCUT2D eigenvalue weighted by Gasteiger charge is -2.23. The van der Waals surface area contributed by atoms with E-state index in [1.807, 2.05) is 12.1 Å². The first-order valence-corrected chi connectivity index (χ1v) is 8.38. The standard InChI is InChI=1S/C17H22BrNO/c1-11(13-5-3-4-6-13)19-12(2)17-10-14-9-15(18)7-8-16(14)20-17/h7-13,19H,3-6H2,1-2H3/t11-,12?/m1/s1. The van der Waals surface area contributed by atoms with Crippen LogP contribution in [0.4, 0.5) is 0 Å². The molecule has 0 aliphatic heterocycles. The van der Waals surface area contributed by atoms with Crippen molar-refractivity contribution in [1.82, 2.24) is 5.32 Å². The fourth-order valence-corrected chi connectivity index (χ4v) is 3.70. The smallest absolute Gasteiger partial charge is 0.134 e. The molecule has 3 heteroatoms. The Morgan fingerprint density at radius 2 is 1.95 bits per heavy atom. The third kappa shape index (κ3) is 2.94. The van der Waals surface area contributed by atoms with E-state index in [0.717, 1.165) is 27.1 Å². The van der Waals surface area contributed by atoms with Gasteiger partial charge in [-0.25, -0.2) is 0 Å². The number of halogens is 1. The van der Waals surface area contributed by atoms with Crippen molar-refractivity contribution in [1.29, 1.82) is 0 Å². The molecule has 20 heavy (non-hydrogen) atoms. The predicted molar refractivity (Wildman–Crippen MR) is 86.9 cm³/mol. The number of fused-ring (bicyclic) bond motifs is 1.